The molecule has 3 heteroatoms. The first-order valence-corrected chi connectivity index (χ1v) is 6.07. The van der Waals surface area contributed by atoms with Crippen molar-refractivity contribution in [2.24, 2.45) is 0 Å². The van der Waals surface area contributed by atoms with Crippen LogP contribution in [0.4, 0.5) is 0 Å². The molecule has 1 heterocycles. The summed E-state index contributed by atoms with van der Waals surface area (Å²) in [5, 5.41) is 0. The van der Waals surface area contributed by atoms with E-state index in [0.29, 0.717) is 6.54 Å². The quantitative estimate of drug-likeness (QED) is 0.746. The maximum atomic E-state index is 12.1. The minimum Gasteiger partial charge on any atom is -0.379 e. The lowest BCUT2D eigenvalue weighted by Gasteiger charge is -2.25. The van der Waals surface area contributed by atoms with E-state index in [2.05, 4.69) is 11.8 Å². The van der Waals surface area contributed by atoms with E-state index in [1.54, 1.807) is 0 Å². The van der Waals surface area contributed by atoms with Crippen molar-refractivity contribution in [1.82, 2.24) is 4.90 Å². The number of ketones is 1. The second-order valence-corrected chi connectivity index (χ2v) is 4.61. The first kappa shape index (κ1) is 12.3. The van der Waals surface area contributed by atoms with Gasteiger partial charge in [0.2, 0.25) is 0 Å². The molecule has 0 aliphatic carbocycles. The van der Waals surface area contributed by atoms with E-state index in [0.717, 1.165) is 31.9 Å². The minimum absolute atomic E-state index is 0.204. The summed E-state index contributed by atoms with van der Waals surface area (Å²) in [6.45, 7) is 7.80. The third-order valence-corrected chi connectivity index (χ3v) is 3.30. The molecule has 0 aromatic heterocycles. The van der Waals surface area contributed by atoms with Crippen LogP contribution < -0.4 is 0 Å². The SMILES string of the molecule is Cc1ccc(C(=O)CN2CCOCC2)cc1C. The Balaban J connectivity index is 2.01. The molecular formula is C14H19NO2. The lowest BCUT2D eigenvalue weighted by molar-refractivity contribution is 0.0371. The molecule has 0 unspecified atom stereocenters. The van der Waals surface area contributed by atoms with Gasteiger partial charge in [-0.2, -0.15) is 0 Å². The number of carbonyl (C=O) groups is 1. The normalized spacial score (nSPS) is 17.1. The summed E-state index contributed by atoms with van der Waals surface area (Å²) in [4.78, 5) is 14.2. The van der Waals surface area contributed by atoms with Crippen molar-refractivity contribution < 1.29 is 9.53 Å². The van der Waals surface area contributed by atoms with Gasteiger partial charge in [-0.15, -0.1) is 0 Å². The molecular weight excluding hydrogens is 214 g/mol. The molecule has 1 fully saturated rings. The van der Waals surface area contributed by atoms with E-state index in [1.807, 2.05) is 25.1 Å². The highest BCUT2D eigenvalue weighted by Gasteiger charge is 2.15. The van der Waals surface area contributed by atoms with Gasteiger partial charge in [0, 0.05) is 18.7 Å². The van der Waals surface area contributed by atoms with Crippen molar-refractivity contribution in [1.29, 1.82) is 0 Å². The second-order valence-electron chi connectivity index (χ2n) is 4.61. The lowest BCUT2D eigenvalue weighted by atomic mass is 10.0. The number of Topliss-reactive ketones (excluding diaryl/α,β-unsaturated/α-hetero) is 1. The molecule has 0 amide bonds. The molecule has 1 saturated heterocycles. The second kappa shape index (κ2) is 5.43. The van der Waals surface area contributed by atoms with Crippen molar-refractivity contribution in [2.45, 2.75) is 13.8 Å². The third-order valence-electron chi connectivity index (χ3n) is 3.30. The predicted molar refractivity (Wildman–Crippen MR) is 67.5 cm³/mol. The van der Waals surface area contributed by atoms with E-state index in [-0.39, 0.29) is 5.78 Å². The summed E-state index contributed by atoms with van der Waals surface area (Å²) >= 11 is 0. The topological polar surface area (TPSA) is 29.5 Å². The molecule has 2 rings (SSSR count). The standard InChI is InChI=1S/C14H19NO2/c1-11-3-4-13(9-12(11)2)14(16)10-15-5-7-17-8-6-15/h3-4,9H,5-8,10H2,1-2H3. The number of benzene rings is 1. The fourth-order valence-corrected chi connectivity index (χ4v) is 1.97. The molecule has 1 aromatic rings. The molecule has 17 heavy (non-hydrogen) atoms. The average molecular weight is 233 g/mol. The van der Waals surface area contributed by atoms with Crippen molar-refractivity contribution in [3.05, 3.63) is 34.9 Å². The number of aryl methyl sites for hydroxylation is 2. The van der Waals surface area contributed by atoms with Gasteiger partial charge in [-0.3, -0.25) is 9.69 Å². The first-order chi connectivity index (χ1) is 8.16. The van der Waals surface area contributed by atoms with E-state index in [9.17, 15) is 4.79 Å². The van der Waals surface area contributed by atoms with E-state index >= 15 is 0 Å². The third kappa shape index (κ3) is 3.14. The van der Waals surface area contributed by atoms with Gasteiger partial charge in [-0.1, -0.05) is 12.1 Å². The summed E-state index contributed by atoms with van der Waals surface area (Å²) in [7, 11) is 0. The van der Waals surface area contributed by atoms with Crippen LogP contribution in [0.3, 0.4) is 0 Å². The van der Waals surface area contributed by atoms with Crippen LogP contribution in [0.2, 0.25) is 0 Å². The van der Waals surface area contributed by atoms with Gasteiger partial charge in [-0.05, 0) is 31.0 Å². The fourth-order valence-electron chi connectivity index (χ4n) is 1.97. The van der Waals surface area contributed by atoms with Crippen LogP contribution in [0.1, 0.15) is 21.5 Å². The Morgan fingerprint density at radius 3 is 2.59 bits per heavy atom. The van der Waals surface area contributed by atoms with Gasteiger partial charge in [0.05, 0.1) is 19.8 Å². The Labute approximate surface area is 102 Å². The minimum atomic E-state index is 0.204. The van der Waals surface area contributed by atoms with Gasteiger partial charge < -0.3 is 4.74 Å². The summed E-state index contributed by atoms with van der Waals surface area (Å²) < 4.78 is 5.27. The summed E-state index contributed by atoms with van der Waals surface area (Å²) in [5.74, 6) is 0.204. The number of nitrogens with zero attached hydrogens (tertiary/aromatic N) is 1. The van der Waals surface area contributed by atoms with E-state index in [4.69, 9.17) is 4.74 Å². The Morgan fingerprint density at radius 1 is 1.24 bits per heavy atom. The zero-order chi connectivity index (χ0) is 12.3. The molecule has 1 aliphatic rings. The van der Waals surface area contributed by atoms with Crippen LogP contribution in [0, 0.1) is 13.8 Å². The molecule has 3 nitrogen and oxygen atoms in total. The van der Waals surface area contributed by atoms with Crippen LogP contribution in [-0.2, 0) is 4.74 Å². The van der Waals surface area contributed by atoms with Crippen LogP contribution >= 0.6 is 0 Å². The Hall–Kier alpha value is -1.19. The number of hydrogen-bond donors (Lipinski definition) is 0. The summed E-state index contributed by atoms with van der Waals surface area (Å²) in [5.41, 5.74) is 3.23. The van der Waals surface area contributed by atoms with Crippen LogP contribution in [0.5, 0.6) is 0 Å². The Morgan fingerprint density at radius 2 is 1.94 bits per heavy atom. The maximum absolute atomic E-state index is 12.1. The average Bonchev–Trinajstić information content (AvgIpc) is 2.34. The van der Waals surface area contributed by atoms with Crippen LogP contribution in [0.15, 0.2) is 18.2 Å². The lowest BCUT2D eigenvalue weighted by Crippen LogP contribution is -2.39. The molecule has 0 saturated carbocycles. The van der Waals surface area contributed by atoms with Crippen LogP contribution in [-0.4, -0.2) is 43.5 Å². The van der Waals surface area contributed by atoms with Crippen molar-refractivity contribution >= 4 is 5.78 Å². The molecule has 0 radical (unpaired) electrons. The van der Waals surface area contributed by atoms with Crippen molar-refractivity contribution in [3.63, 3.8) is 0 Å². The van der Waals surface area contributed by atoms with Crippen LogP contribution in [0.25, 0.3) is 0 Å². The summed E-state index contributed by atoms with van der Waals surface area (Å²) in [6.07, 6.45) is 0. The first-order valence-electron chi connectivity index (χ1n) is 6.07. The monoisotopic (exact) mass is 233 g/mol. The Kier molecular flexibility index (Phi) is 3.92. The number of rotatable bonds is 3. The predicted octanol–water partition coefficient (Wildman–Crippen LogP) is 1.82. The van der Waals surface area contributed by atoms with E-state index < -0.39 is 0 Å². The molecule has 92 valence electrons. The largest absolute Gasteiger partial charge is 0.379 e. The zero-order valence-corrected chi connectivity index (χ0v) is 10.5. The van der Waals surface area contributed by atoms with Crippen molar-refractivity contribution in [2.75, 3.05) is 32.8 Å². The van der Waals surface area contributed by atoms with Gasteiger partial charge in [0.1, 0.15) is 0 Å². The molecule has 1 aliphatic heterocycles. The highest BCUT2D eigenvalue weighted by atomic mass is 16.5. The highest BCUT2D eigenvalue weighted by molar-refractivity contribution is 5.97. The highest BCUT2D eigenvalue weighted by Crippen LogP contribution is 2.11. The summed E-state index contributed by atoms with van der Waals surface area (Å²) in [6, 6.07) is 5.92. The number of carbonyl (C=O) groups excluding carboxylic acids is 1. The number of ether oxygens (including phenoxy) is 1. The smallest absolute Gasteiger partial charge is 0.176 e. The molecule has 0 spiro atoms. The van der Waals surface area contributed by atoms with Gasteiger partial charge >= 0.3 is 0 Å². The number of morpholine rings is 1. The molecule has 0 atom stereocenters. The molecule has 1 aromatic carbocycles. The molecule has 0 N–H and O–H groups in total. The maximum Gasteiger partial charge on any atom is 0.176 e. The van der Waals surface area contributed by atoms with Gasteiger partial charge in [0.15, 0.2) is 5.78 Å². The fraction of sp³-hybridized carbons (Fsp3) is 0.500. The van der Waals surface area contributed by atoms with Gasteiger partial charge in [-0.25, -0.2) is 0 Å². The Bertz CT molecular complexity index is 409. The van der Waals surface area contributed by atoms with E-state index in [1.165, 1.54) is 11.1 Å². The van der Waals surface area contributed by atoms with Gasteiger partial charge in [0.25, 0.3) is 0 Å². The molecule has 0 bridgehead atoms. The zero-order valence-electron chi connectivity index (χ0n) is 10.5. The number of hydrogen-bond acceptors (Lipinski definition) is 3. The van der Waals surface area contributed by atoms with Crippen molar-refractivity contribution in [3.8, 4) is 0 Å².